The molecule has 0 bridgehead atoms. The zero-order valence-corrected chi connectivity index (χ0v) is 11.7. The fourth-order valence-electron chi connectivity index (χ4n) is 1.56. The van der Waals surface area contributed by atoms with Gasteiger partial charge in [-0.25, -0.2) is 8.42 Å². The third-order valence-corrected chi connectivity index (χ3v) is 4.89. The summed E-state index contributed by atoms with van der Waals surface area (Å²) >= 11 is 5.94. The predicted molar refractivity (Wildman–Crippen MR) is 75.7 cm³/mol. The SMILES string of the molecule is CN(c1ccncc1)S(=O)(=O)c1cc(N)ccc1Cl. The number of nitrogen functional groups attached to an aromatic ring is 1. The van der Waals surface area contributed by atoms with E-state index in [9.17, 15) is 8.42 Å². The van der Waals surface area contributed by atoms with Crippen molar-refractivity contribution in [2.45, 2.75) is 4.90 Å². The molecule has 0 saturated heterocycles. The number of hydrogen-bond acceptors (Lipinski definition) is 4. The quantitative estimate of drug-likeness (QED) is 0.881. The first kappa shape index (κ1) is 13.6. The van der Waals surface area contributed by atoms with Gasteiger partial charge < -0.3 is 5.73 Å². The Morgan fingerprint density at radius 2 is 1.84 bits per heavy atom. The molecule has 7 heteroatoms. The van der Waals surface area contributed by atoms with Crippen LogP contribution in [-0.4, -0.2) is 20.4 Å². The number of pyridine rings is 1. The summed E-state index contributed by atoms with van der Waals surface area (Å²) in [7, 11) is -2.30. The van der Waals surface area contributed by atoms with E-state index >= 15 is 0 Å². The van der Waals surface area contributed by atoms with Gasteiger partial charge in [-0.15, -0.1) is 0 Å². The third kappa shape index (κ3) is 2.64. The summed E-state index contributed by atoms with van der Waals surface area (Å²) in [4.78, 5) is 3.83. The molecule has 1 aromatic heterocycles. The Morgan fingerprint density at radius 3 is 2.47 bits per heavy atom. The van der Waals surface area contributed by atoms with Crippen molar-refractivity contribution in [2.75, 3.05) is 17.1 Å². The van der Waals surface area contributed by atoms with Gasteiger partial charge in [0.1, 0.15) is 4.90 Å². The lowest BCUT2D eigenvalue weighted by atomic mass is 10.3. The van der Waals surface area contributed by atoms with Crippen LogP contribution in [0.15, 0.2) is 47.6 Å². The molecule has 0 atom stereocenters. The lowest BCUT2D eigenvalue weighted by Gasteiger charge is -2.20. The van der Waals surface area contributed by atoms with E-state index in [0.717, 1.165) is 4.31 Å². The topological polar surface area (TPSA) is 76.3 Å². The van der Waals surface area contributed by atoms with Crippen molar-refractivity contribution < 1.29 is 8.42 Å². The Balaban J connectivity index is 2.51. The molecule has 0 aliphatic heterocycles. The summed E-state index contributed by atoms with van der Waals surface area (Å²) in [5.74, 6) is 0. The zero-order chi connectivity index (χ0) is 14.0. The van der Waals surface area contributed by atoms with E-state index in [-0.39, 0.29) is 9.92 Å². The highest BCUT2D eigenvalue weighted by atomic mass is 35.5. The van der Waals surface area contributed by atoms with Gasteiger partial charge in [0.2, 0.25) is 0 Å². The van der Waals surface area contributed by atoms with Gasteiger partial charge in [-0.2, -0.15) is 0 Å². The number of aromatic nitrogens is 1. The van der Waals surface area contributed by atoms with Gasteiger partial charge >= 0.3 is 0 Å². The molecule has 5 nitrogen and oxygen atoms in total. The van der Waals surface area contributed by atoms with Crippen molar-refractivity contribution in [2.24, 2.45) is 0 Å². The number of halogens is 1. The van der Waals surface area contributed by atoms with Crippen LogP contribution in [0, 0.1) is 0 Å². The van der Waals surface area contributed by atoms with Crippen molar-refractivity contribution in [3.05, 3.63) is 47.7 Å². The largest absolute Gasteiger partial charge is 0.399 e. The van der Waals surface area contributed by atoms with Crippen LogP contribution in [0.5, 0.6) is 0 Å². The van der Waals surface area contributed by atoms with Crippen molar-refractivity contribution >= 4 is 33.0 Å². The van der Waals surface area contributed by atoms with Gasteiger partial charge in [0.25, 0.3) is 10.0 Å². The van der Waals surface area contributed by atoms with E-state index in [1.54, 1.807) is 18.2 Å². The average Bonchev–Trinajstić information content (AvgIpc) is 2.41. The molecule has 2 N–H and O–H groups in total. The molecule has 0 unspecified atom stereocenters. The third-order valence-electron chi connectivity index (χ3n) is 2.62. The van der Waals surface area contributed by atoms with E-state index in [2.05, 4.69) is 4.98 Å². The summed E-state index contributed by atoms with van der Waals surface area (Å²) < 4.78 is 26.1. The predicted octanol–water partition coefficient (Wildman–Crippen LogP) is 2.14. The van der Waals surface area contributed by atoms with E-state index in [0.29, 0.717) is 11.4 Å². The highest BCUT2D eigenvalue weighted by Crippen LogP contribution is 2.28. The van der Waals surface area contributed by atoms with Crippen LogP contribution < -0.4 is 10.0 Å². The van der Waals surface area contributed by atoms with E-state index < -0.39 is 10.0 Å². The van der Waals surface area contributed by atoms with Gasteiger partial charge in [0, 0.05) is 25.1 Å². The molecule has 0 aliphatic carbocycles. The maximum atomic E-state index is 12.5. The second-order valence-electron chi connectivity index (χ2n) is 3.87. The Bertz CT molecular complexity index is 689. The summed E-state index contributed by atoms with van der Waals surface area (Å²) in [5.41, 5.74) is 6.44. The number of nitrogens with zero attached hydrogens (tertiary/aromatic N) is 2. The maximum Gasteiger partial charge on any atom is 0.265 e. The fourth-order valence-corrected chi connectivity index (χ4v) is 3.26. The van der Waals surface area contributed by atoms with E-state index in [1.165, 1.54) is 31.6 Å². The molecule has 0 radical (unpaired) electrons. The van der Waals surface area contributed by atoms with Crippen LogP contribution in [0.3, 0.4) is 0 Å². The zero-order valence-electron chi connectivity index (χ0n) is 10.1. The van der Waals surface area contributed by atoms with Crippen LogP contribution in [0.25, 0.3) is 0 Å². The molecule has 0 saturated carbocycles. The lowest BCUT2D eigenvalue weighted by molar-refractivity contribution is 0.594. The molecule has 0 aliphatic rings. The highest BCUT2D eigenvalue weighted by molar-refractivity contribution is 7.93. The molecular weight excluding hydrogens is 286 g/mol. The van der Waals surface area contributed by atoms with E-state index in [1.807, 2.05) is 0 Å². The van der Waals surface area contributed by atoms with Crippen LogP contribution in [-0.2, 0) is 10.0 Å². The summed E-state index contributed by atoms with van der Waals surface area (Å²) in [6.07, 6.45) is 3.03. The second-order valence-corrected chi connectivity index (χ2v) is 6.21. The lowest BCUT2D eigenvalue weighted by Crippen LogP contribution is -2.26. The molecule has 2 aromatic rings. The van der Waals surface area contributed by atoms with Crippen LogP contribution in [0.1, 0.15) is 0 Å². The van der Waals surface area contributed by atoms with Crippen molar-refractivity contribution in [1.82, 2.24) is 4.98 Å². The van der Waals surface area contributed by atoms with Crippen LogP contribution in [0.2, 0.25) is 5.02 Å². The summed E-state index contributed by atoms with van der Waals surface area (Å²) in [6.45, 7) is 0. The van der Waals surface area contributed by atoms with Gasteiger partial charge in [-0.05, 0) is 30.3 Å². The monoisotopic (exact) mass is 297 g/mol. The summed E-state index contributed by atoms with van der Waals surface area (Å²) in [6, 6.07) is 7.54. The molecule has 0 amide bonds. The molecule has 0 fully saturated rings. The van der Waals surface area contributed by atoms with Crippen molar-refractivity contribution in [3.8, 4) is 0 Å². The number of nitrogens with two attached hydrogens (primary N) is 1. The minimum Gasteiger partial charge on any atom is -0.399 e. The first-order valence-electron chi connectivity index (χ1n) is 5.37. The number of anilines is 2. The number of rotatable bonds is 3. The standard InChI is InChI=1S/C12H12ClN3O2S/c1-16(10-4-6-15-7-5-10)19(17,18)12-8-9(14)2-3-11(12)13/h2-8H,14H2,1H3. The van der Waals surface area contributed by atoms with Crippen molar-refractivity contribution in [3.63, 3.8) is 0 Å². The van der Waals surface area contributed by atoms with Crippen LogP contribution >= 0.6 is 11.6 Å². The molecule has 0 spiro atoms. The number of sulfonamides is 1. The first-order valence-corrected chi connectivity index (χ1v) is 7.18. The van der Waals surface area contributed by atoms with Crippen LogP contribution in [0.4, 0.5) is 11.4 Å². The second kappa shape index (κ2) is 5.07. The molecule has 100 valence electrons. The Labute approximate surface area is 116 Å². The smallest absolute Gasteiger partial charge is 0.265 e. The number of benzene rings is 1. The molecule has 19 heavy (non-hydrogen) atoms. The number of hydrogen-bond donors (Lipinski definition) is 1. The van der Waals surface area contributed by atoms with E-state index in [4.69, 9.17) is 17.3 Å². The first-order chi connectivity index (χ1) is 8.93. The Hall–Kier alpha value is -1.79. The summed E-state index contributed by atoms with van der Waals surface area (Å²) in [5, 5.41) is 0.134. The molecule has 1 aromatic carbocycles. The molecular formula is C12H12ClN3O2S. The molecule has 1 heterocycles. The fraction of sp³-hybridized carbons (Fsp3) is 0.0833. The van der Waals surface area contributed by atoms with Gasteiger partial charge in [0.15, 0.2) is 0 Å². The highest BCUT2D eigenvalue weighted by Gasteiger charge is 2.24. The van der Waals surface area contributed by atoms with Gasteiger partial charge in [0.05, 0.1) is 10.7 Å². The van der Waals surface area contributed by atoms with Gasteiger partial charge in [-0.3, -0.25) is 9.29 Å². The Morgan fingerprint density at radius 1 is 1.21 bits per heavy atom. The minimum atomic E-state index is -3.75. The minimum absolute atomic E-state index is 0.0199. The van der Waals surface area contributed by atoms with Crippen molar-refractivity contribution in [1.29, 1.82) is 0 Å². The molecule has 2 rings (SSSR count). The normalized spacial score (nSPS) is 11.3. The average molecular weight is 298 g/mol. The maximum absolute atomic E-state index is 12.5. The van der Waals surface area contributed by atoms with Gasteiger partial charge in [-0.1, -0.05) is 11.6 Å². The Kier molecular flexibility index (Phi) is 3.64.